The molecule has 5 nitrogen and oxygen atoms in total. The maximum Gasteiger partial charge on any atom is 0.274 e. The summed E-state index contributed by atoms with van der Waals surface area (Å²) in [6.45, 7) is 1.05. The van der Waals surface area contributed by atoms with Crippen LogP contribution in [0.2, 0.25) is 0 Å². The second-order valence-corrected chi connectivity index (χ2v) is 5.86. The van der Waals surface area contributed by atoms with Gasteiger partial charge in [-0.1, -0.05) is 6.42 Å². The number of hydroxylamine groups is 2. The van der Waals surface area contributed by atoms with Gasteiger partial charge in [-0.05, 0) is 12.8 Å². The standard InChI is InChI=1S/C8H13NO4S/c10-14(11)8-6-3-1-2-4-9(6)13-7(8)5-12-14/h6-8H,1-5H2/t6-,7+,8+/m1/s1. The Bertz CT molecular complexity index is 341. The average molecular weight is 219 g/mol. The van der Waals surface area contributed by atoms with Gasteiger partial charge in [0.1, 0.15) is 11.4 Å². The first-order valence-electron chi connectivity index (χ1n) is 5.00. The van der Waals surface area contributed by atoms with E-state index in [4.69, 9.17) is 9.02 Å². The third-order valence-electron chi connectivity index (χ3n) is 3.24. The molecular formula is C8H13NO4S. The number of hydrogen-bond acceptors (Lipinski definition) is 5. The Morgan fingerprint density at radius 2 is 2.14 bits per heavy atom. The summed E-state index contributed by atoms with van der Waals surface area (Å²) in [6.07, 6.45) is 2.83. The van der Waals surface area contributed by atoms with E-state index in [0.717, 1.165) is 25.8 Å². The molecule has 6 heteroatoms. The van der Waals surface area contributed by atoms with E-state index in [2.05, 4.69) is 0 Å². The molecule has 0 aromatic carbocycles. The van der Waals surface area contributed by atoms with Gasteiger partial charge in [-0.2, -0.15) is 13.5 Å². The molecule has 0 saturated carbocycles. The van der Waals surface area contributed by atoms with Gasteiger partial charge in [-0.15, -0.1) is 0 Å². The van der Waals surface area contributed by atoms with Gasteiger partial charge in [0.2, 0.25) is 0 Å². The summed E-state index contributed by atoms with van der Waals surface area (Å²) in [5.41, 5.74) is 0. The van der Waals surface area contributed by atoms with Crippen LogP contribution in [0, 0.1) is 0 Å². The van der Waals surface area contributed by atoms with Crippen LogP contribution in [0.5, 0.6) is 0 Å². The van der Waals surface area contributed by atoms with Crippen LogP contribution < -0.4 is 0 Å². The molecule has 3 saturated heterocycles. The van der Waals surface area contributed by atoms with Crippen molar-refractivity contribution in [2.75, 3.05) is 13.2 Å². The molecule has 80 valence electrons. The molecule has 14 heavy (non-hydrogen) atoms. The van der Waals surface area contributed by atoms with E-state index in [9.17, 15) is 8.42 Å². The zero-order valence-corrected chi connectivity index (χ0v) is 8.57. The second kappa shape index (κ2) is 2.91. The highest BCUT2D eigenvalue weighted by Gasteiger charge is 2.55. The molecule has 3 heterocycles. The van der Waals surface area contributed by atoms with Crippen molar-refractivity contribution in [3.05, 3.63) is 0 Å². The summed E-state index contributed by atoms with van der Waals surface area (Å²) in [4.78, 5) is 5.55. The third-order valence-corrected chi connectivity index (χ3v) is 4.99. The van der Waals surface area contributed by atoms with Crippen LogP contribution in [0.15, 0.2) is 0 Å². The number of rotatable bonds is 0. The van der Waals surface area contributed by atoms with Crippen molar-refractivity contribution < 1.29 is 17.4 Å². The lowest BCUT2D eigenvalue weighted by Gasteiger charge is -2.28. The van der Waals surface area contributed by atoms with Gasteiger partial charge in [-0.3, -0.25) is 9.02 Å². The van der Waals surface area contributed by atoms with E-state index >= 15 is 0 Å². The maximum atomic E-state index is 11.6. The number of piperidine rings is 1. The Morgan fingerprint density at radius 3 is 3.00 bits per heavy atom. The Balaban J connectivity index is 1.93. The first kappa shape index (κ1) is 9.08. The van der Waals surface area contributed by atoms with Crippen molar-refractivity contribution in [2.45, 2.75) is 36.7 Å². The first-order valence-corrected chi connectivity index (χ1v) is 6.47. The molecule has 3 fully saturated rings. The Hall–Kier alpha value is -0.170. The number of fused-ring (bicyclic) bond motifs is 3. The van der Waals surface area contributed by atoms with Crippen LogP contribution in [0.25, 0.3) is 0 Å². The molecule has 0 spiro atoms. The molecule has 3 aliphatic rings. The van der Waals surface area contributed by atoms with Crippen LogP contribution in [0.1, 0.15) is 19.3 Å². The summed E-state index contributed by atoms with van der Waals surface area (Å²) in [7, 11) is -3.36. The Morgan fingerprint density at radius 1 is 1.29 bits per heavy atom. The summed E-state index contributed by atoms with van der Waals surface area (Å²) in [6, 6.07) is 0.0289. The third kappa shape index (κ3) is 1.14. The molecule has 0 radical (unpaired) electrons. The van der Waals surface area contributed by atoms with E-state index < -0.39 is 15.4 Å². The summed E-state index contributed by atoms with van der Waals surface area (Å²) < 4.78 is 27.9. The Labute approximate surface area is 83.1 Å². The van der Waals surface area contributed by atoms with Crippen LogP contribution >= 0.6 is 0 Å². The van der Waals surface area contributed by atoms with Crippen LogP contribution in [0.4, 0.5) is 0 Å². The molecule has 0 aliphatic carbocycles. The minimum absolute atomic E-state index is 0.0289. The van der Waals surface area contributed by atoms with E-state index in [1.54, 1.807) is 0 Å². The van der Waals surface area contributed by atoms with Gasteiger partial charge in [0.05, 0.1) is 12.6 Å². The quantitative estimate of drug-likeness (QED) is 0.532. The molecule has 0 N–H and O–H groups in total. The van der Waals surface area contributed by atoms with Crippen LogP contribution in [0.3, 0.4) is 0 Å². The summed E-state index contributed by atoms with van der Waals surface area (Å²) in [5, 5.41) is 1.40. The van der Waals surface area contributed by atoms with E-state index in [1.165, 1.54) is 0 Å². The smallest absolute Gasteiger partial charge is 0.274 e. The lowest BCUT2D eigenvalue weighted by molar-refractivity contribution is -0.175. The fourth-order valence-corrected chi connectivity index (χ4v) is 4.25. The molecule has 0 aromatic heterocycles. The van der Waals surface area contributed by atoms with Crippen LogP contribution in [-0.4, -0.2) is 44.0 Å². The van der Waals surface area contributed by atoms with Crippen molar-refractivity contribution >= 4 is 10.1 Å². The lowest BCUT2D eigenvalue weighted by Crippen LogP contribution is -2.41. The predicted octanol–water partition coefficient (Wildman–Crippen LogP) is -0.117. The molecule has 0 amide bonds. The molecule has 0 aromatic rings. The SMILES string of the molecule is O=S1(=O)OC[C@@H]2ON3CCCC[C@@H]3[C@@H]21. The van der Waals surface area contributed by atoms with Crippen molar-refractivity contribution in [2.24, 2.45) is 0 Å². The largest absolute Gasteiger partial charge is 0.291 e. The molecule has 0 unspecified atom stereocenters. The fraction of sp³-hybridized carbons (Fsp3) is 1.00. The molecule has 3 atom stereocenters. The van der Waals surface area contributed by atoms with Gasteiger partial charge in [0, 0.05) is 6.54 Å². The van der Waals surface area contributed by atoms with Crippen molar-refractivity contribution in [1.29, 1.82) is 0 Å². The predicted molar refractivity (Wildman–Crippen MR) is 47.9 cm³/mol. The molecule has 3 aliphatic heterocycles. The maximum absolute atomic E-state index is 11.6. The fourth-order valence-electron chi connectivity index (χ4n) is 2.62. The second-order valence-electron chi connectivity index (χ2n) is 4.09. The average Bonchev–Trinajstić information content (AvgIpc) is 2.65. The van der Waals surface area contributed by atoms with Gasteiger partial charge in [0.25, 0.3) is 10.1 Å². The number of nitrogens with zero attached hydrogens (tertiary/aromatic N) is 1. The van der Waals surface area contributed by atoms with Gasteiger partial charge in [-0.25, -0.2) is 0 Å². The Kier molecular flexibility index (Phi) is 1.89. The number of hydrogen-bond donors (Lipinski definition) is 0. The summed E-state index contributed by atoms with van der Waals surface area (Å²) in [5.74, 6) is 0. The zero-order valence-electron chi connectivity index (χ0n) is 7.76. The van der Waals surface area contributed by atoms with Crippen LogP contribution in [-0.2, 0) is 19.1 Å². The molecular weight excluding hydrogens is 206 g/mol. The van der Waals surface area contributed by atoms with E-state index in [0.29, 0.717) is 0 Å². The van der Waals surface area contributed by atoms with E-state index in [1.807, 2.05) is 5.06 Å². The first-order chi connectivity index (χ1) is 6.68. The highest BCUT2D eigenvalue weighted by atomic mass is 32.2. The normalized spacial score (nSPS) is 46.1. The zero-order chi connectivity index (χ0) is 9.76. The van der Waals surface area contributed by atoms with Gasteiger partial charge in [0.15, 0.2) is 0 Å². The van der Waals surface area contributed by atoms with Gasteiger partial charge < -0.3 is 0 Å². The van der Waals surface area contributed by atoms with Gasteiger partial charge >= 0.3 is 0 Å². The monoisotopic (exact) mass is 219 g/mol. The topological polar surface area (TPSA) is 55.8 Å². The van der Waals surface area contributed by atoms with Crippen molar-refractivity contribution in [3.63, 3.8) is 0 Å². The van der Waals surface area contributed by atoms with Crippen molar-refractivity contribution in [3.8, 4) is 0 Å². The molecule has 3 rings (SSSR count). The molecule has 0 bridgehead atoms. The highest BCUT2D eigenvalue weighted by molar-refractivity contribution is 7.87. The lowest BCUT2D eigenvalue weighted by atomic mass is 10.0. The summed E-state index contributed by atoms with van der Waals surface area (Å²) >= 11 is 0. The van der Waals surface area contributed by atoms with E-state index in [-0.39, 0.29) is 18.8 Å². The minimum Gasteiger partial charge on any atom is -0.291 e. The minimum atomic E-state index is -3.36. The highest BCUT2D eigenvalue weighted by Crippen LogP contribution is 2.37. The van der Waals surface area contributed by atoms with Crippen molar-refractivity contribution in [1.82, 2.24) is 5.06 Å².